The van der Waals surface area contributed by atoms with Crippen LogP contribution < -0.4 is 16.0 Å². The number of nitrogens with zero attached hydrogens (tertiary/aromatic N) is 2. The van der Waals surface area contributed by atoms with Gasteiger partial charge in [0.25, 0.3) is 0 Å². The molecule has 1 aliphatic heterocycles. The number of hydrogen-bond donors (Lipinski definition) is 3. The Morgan fingerprint density at radius 1 is 1.30 bits per heavy atom. The Morgan fingerprint density at radius 3 is 2.67 bits per heavy atom. The van der Waals surface area contributed by atoms with Gasteiger partial charge >= 0.3 is 0 Å². The van der Waals surface area contributed by atoms with E-state index in [1.54, 1.807) is 7.05 Å². The lowest BCUT2D eigenvalue weighted by Crippen LogP contribution is -2.56. The molecule has 0 aromatic heterocycles. The fourth-order valence-electron chi connectivity index (χ4n) is 2.89. The van der Waals surface area contributed by atoms with Gasteiger partial charge in [-0.25, -0.2) is 0 Å². The molecule has 0 spiro atoms. The first-order valence-corrected chi connectivity index (χ1v) is 9.94. The minimum atomic E-state index is -0.119. The molecule has 27 heavy (non-hydrogen) atoms. The van der Waals surface area contributed by atoms with Gasteiger partial charge < -0.3 is 20.7 Å². The largest absolute Gasteiger partial charge is 0.379 e. The summed E-state index contributed by atoms with van der Waals surface area (Å²) >= 11 is 3.42. The zero-order valence-corrected chi connectivity index (χ0v) is 18.1. The topological polar surface area (TPSA) is 78.0 Å². The molecule has 1 saturated heterocycles. The highest BCUT2D eigenvalue weighted by molar-refractivity contribution is 9.10. The van der Waals surface area contributed by atoms with Gasteiger partial charge in [0, 0.05) is 42.4 Å². The molecular formula is C19H30BrN5O2. The molecule has 150 valence electrons. The predicted molar refractivity (Wildman–Crippen MR) is 113 cm³/mol. The number of aliphatic imine (C=N–C) groups is 1. The third kappa shape index (κ3) is 6.79. The molecule has 2 rings (SSSR count). The number of rotatable bonds is 6. The number of morpholine rings is 1. The molecular weight excluding hydrogens is 410 g/mol. The molecule has 7 nitrogen and oxygen atoms in total. The Balaban J connectivity index is 1.80. The van der Waals surface area contributed by atoms with Crippen LogP contribution in [-0.2, 0) is 9.53 Å². The maximum atomic E-state index is 12.3. The molecule has 1 fully saturated rings. The Bertz CT molecular complexity index is 672. The van der Waals surface area contributed by atoms with Gasteiger partial charge in [-0.2, -0.15) is 0 Å². The average molecular weight is 440 g/mol. The van der Waals surface area contributed by atoms with Crippen molar-refractivity contribution in [3.8, 4) is 0 Å². The highest BCUT2D eigenvalue weighted by Crippen LogP contribution is 2.20. The first kappa shape index (κ1) is 21.7. The van der Waals surface area contributed by atoms with E-state index in [0.717, 1.165) is 48.6 Å². The first-order valence-electron chi connectivity index (χ1n) is 9.15. The summed E-state index contributed by atoms with van der Waals surface area (Å²) in [6.45, 7) is 10.6. The number of anilines is 1. The standard InChI is InChI=1S/C19H30BrN5O2/c1-14-5-6-15(20)11-16(14)24-17(26)12-22-18(21-4)23-13-19(2,3)25-7-9-27-10-8-25/h5-6,11H,7-10,12-13H2,1-4H3,(H,24,26)(H2,21,22,23). The summed E-state index contributed by atoms with van der Waals surface area (Å²) in [5.74, 6) is 0.490. The van der Waals surface area contributed by atoms with E-state index in [1.807, 2.05) is 25.1 Å². The predicted octanol–water partition coefficient (Wildman–Crippen LogP) is 1.97. The maximum Gasteiger partial charge on any atom is 0.243 e. The molecule has 1 heterocycles. The minimum absolute atomic E-state index is 0.0307. The Morgan fingerprint density at radius 2 is 2.00 bits per heavy atom. The first-order chi connectivity index (χ1) is 12.8. The van der Waals surface area contributed by atoms with Crippen LogP contribution in [0.1, 0.15) is 19.4 Å². The van der Waals surface area contributed by atoms with Gasteiger partial charge in [0.05, 0.1) is 19.8 Å². The Kier molecular flexibility index (Phi) is 8.07. The lowest BCUT2D eigenvalue weighted by atomic mass is 10.0. The summed E-state index contributed by atoms with van der Waals surface area (Å²) in [6.07, 6.45) is 0. The van der Waals surface area contributed by atoms with Gasteiger partial charge in [-0.3, -0.25) is 14.7 Å². The van der Waals surface area contributed by atoms with E-state index in [9.17, 15) is 4.79 Å². The highest BCUT2D eigenvalue weighted by atomic mass is 79.9. The highest BCUT2D eigenvalue weighted by Gasteiger charge is 2.28. The molecule has 1 aromatic carbocycles. The van der Waals surface area contributed by atoms with Crippen LogP contribution in [-0.4, -0.2) is 68.7 Å². The molecule has 0 atom stereocenters. The third-order valence-corrected chi connectivity index (χ3v) is 5.16. The Hall–Kier alpha value is -1.64. The van der Waals surface area contributed by atoms with Crippen molar-refractivity contribution < 1.29 is 9.53 Å². The van der Waals surface area contributed by atoms with E-state index >= 15 is 0 Å². The van der Waals surface area contributed by atoms with E-state index in [1.165, 1.54) is 0 Å². The molecule has 0 unspecified atom stereocenters. The summed E-state index contributed by atoms with van der Waals surface area (Å²) in [5.41, 5.74) is 1.78. The lowest BCUT2D eigenvalue weighted by Gasteiger charge is -2.41. The van der Waals surface area contributed by atoms with Crippen molar-refractivity contribution in [3.05, 3.63) is 28.2 Å². The van der Waals surface area contributed by atoms with E-state index in [2.05, 4.69) is 55.6 Å². The number of benzene rings is 1. The van der Waals surface area contributed by atoms with Gasteiger partial charge in [0.1, 0.15) is 0 Å². The van der Waals surface area contributed by atoms with Crippen LogP contribution in [0, 0.1) is 6.92 Å². The number of hydrogen-bond acceptors (Lipinski definition) is 4. The summed E-state index contributed by atoms with van der Waals surface area (Å²) in [5, 5.41) is 9.30. The molecule has 0 bridgehead atoms. The van der Waals surface area contributed by atoms with Crippen molar-refractivity contribution in [3.63, 3.8) is 0 Å². The smallest absolute Gasteiger partial charge is 0.243 e. The van der Waals surface area contributed by atoms with Crippen molar-refractivity contribution in [1.82, 2.24) is 15.5 Å². The normalized spacial score (nSPS) is 16.1. The van der Waals surface area contributed by atoms with Crippen LogP contribution in [0.5, 0.6) is 0 Å². The van der Waals surface area contributed by atoms with Crippen molar-refractivity contribution in [2.24, 2.45) is 4.99 Å². The van der Waals surface area contributed by atoms with Crippen molar-refractivity contribution in [2.45, 2.75) is 26.3 Å². The number of nitrogens with one attached hydrogen (secondary N) is 3. The van der Waals surface area contributed by atoms with E-state index in [0.29, 0.717) is 5.96 Å². The molecule has 1 aromatic rings. The number of carbonyl (C=O) groups is 1. The molecule has 0 aliphatic carbocycles. The minimum Gasteiger partial charge on any atom is -0.379 e. The molecule has 8 heteroatoms. The fourth-order valence-corrected chi connectivity index (χ4v) is 3.25. The Labute approximate surface area is 170 Å². The SMILES string of the molecule is CN=C(NCC(=O)Nc1cc(Br)ccc1C)NCC(C)(C)N1CCOCC1. The second kappa shape index (κ2) is 10.1. The van der Waals surface area contributed by atoms with Gasteiger partial charge in [0.15, 0.2) is 5.96 Å². The number of aryl methyl sites for hydroxylation is 1. The summed E-state index contributed by atoms with van der Waals surface area (Å²) in [4.78, 5) is 18.9. The van der Waals surface area contributed by atoms with Crippen LogP contribution in [0.2, 0.25) is 0 Å². The van der Waals surface area contributed by atoms with Crippen molar-refractivity contribution in [2.75, 3.05) is 51.8 Å². The number of amides is 1. The molecule has 0 saturated carbocycles. The van der Waals surface area contributed by atoms with Gasteiger partial charge in [-0.05, 0) is 38.5 Å². The summed E-state index contributed by atoms with van der Waals surface area (Å²) in [6, 6.07) is 5.80. The van der Waals surface area contributed by atoms with E-state index in [4.69, 9.17) is 4.74 Å². The summed E-state index contributed by atoms with van der Waals surface area (Å²) in [7, 11) is 1.70. The van der Waals surface area contributed by atoms with Crippen molar-refractivity contribution >= 4 is 33.5 Å². The molecule has 1 aliphatic rings. The number of halogens is 1. The third-order valence-electron chi connectivity index (χ3n) is 4.67. The maximum absolute atomic E-state index is 12.3. The molecule has 0 radical (unpaired) electrons. The molecule has 1 amide bonds. The average Bonchev–Trinajstić information content (AvgIpc) is 2.65. The second-order valence-electron chi connectivity index (χ2n) is 7.20. The number of guanidine groups is 1. The lowest BCUT2D eigenvalue weighted by molar-refractivity contribution is -0.115. The van der Waals surface area contributed by atoms with Crippen LogP contribution >= 0.6 is 15.9 Å². The quantitative estimate of drug-likeness (QED) is 0.466. The zero-order chi connectivity index (χ0) is 19.9. The van der Waals surface area contributed by atoms with Crippen LogP contribution in [0.4, 0.5) is 5.69 Å². The van der Waals surface area contributed by atoms with Gasteiger partial charge in [-0.1, -0.05) is 22.0 Å². The van der Waals surface area contributed by atoms with Crippen LogP contribution in [0.25, 0.3) is 0 Å². The monoisotopic (exact) mass is 439 g/mol. The van der Waals surface area contributed by atoms with Crippen LogP contribution in [0.15, 0.2) is 27.7 Å². The zero-order valence-electron chi connectivity index (χ0n) is 16.6. The van der Waals surface area contributed by atoms with E-state index in [-0.39, 0.29) is 18.0 Å². The second-order valence-corrected chi connectivity index (χ2v) is 8.11. The van der Waals surface area contributed by atoms with Gasteiger partial charge in [-0.15, -0.1) is 0 Å². The summed E-state index contributed by atoms with van der Waals surface area (Å²) < 4.78 is 6.36. The molecule has 3 N–H and O–H groups in total. The van der Waals surface area contributed by atoms with E-state index < -0.39 is 0 Å². The van der Waals surface area contributed by atoms with Crippen molar-refractivity contribution in [1.29, 1.82) is 0 Å². The number of ether oxygens (including phenoxy) is 1. The van der Waals surface area contributed by atoms with Crippen LogP contribution in [0.3, 0.4) is 0 Å². The fraction of sp³-hybridized carbons (Fsp3) is 0.579. The van der Waals surface area contributed by atoms with Gasteiger partial charge in [0.2, 0.25) is 5.91 Å². The number of carbonyl (C=O) groups excluding carboxylic acids is 1.